The molecule has 3 atom stereocenters. The Balaban J connectivity index is 2.54. The molecule has 1 N–H and O–H groups in total. The molecule has 0 aliphatic carbocycles. The van der Waals surface area contributed by atoms with E-state index in [0.29, 0.717) is 0 Å². The van der Waals surface area contributed by atoms with Crippen molar-refractivity contribution in [2.75, 3.05) is 11.5 Å². The van der Waals surface area contributed by atoms with Crippen molar-refractivity contribution in [1.82, 2.24) is 0 Å². The van der Waals surface area contributed by atoms with E-state index in [1.54, 1.807) is 25.6 Å². The van der Waals surface area contributed by atoms with Gasteiger partial charge in [0.25, 0.3) is 0 Å². The minimum absolute atomic E-state index is 0.0943. The molecule has 1 saturated heterocycles. The maximum atomic E-state index is 11.8. The first-order chi connectivity index (χ1) is 6.54. The summed E-state index contributed by atoms with van der Waals surface area (Å²) in [6, 6.07) is 0. The summed E-state index contributed by atoms with van der Waals surface area (Å²) in [7, 11) is 0. The van der Waals surface area contributed by atoms with E-state index in [1.807, 2.05) is 0 Å². The predicted molar refractivity (Wildman–Crippen MR) is 56.4 cm³/mol. The molecule has 1 aliphatic rings. The number of ketones is 1. The van der Waals surface area contributed by atoms with Crippen molar-refractivity contribution in [3.8, 4) is 0 Å². The number of thioether (sulfide) groups is 1. The lowest BCUT2D eigenvalue weighted by Gasteiger charge is -2.17. The van der Waals surface area contributed by atoms with Gasteiger partial charge in [0, 0.05) is 17.6 Å². The smallest absolute Gasteiger partial charge is 0.306 e. The molecule has 0 amide bonds. The number of carbonyl (C=O) groups excluding carboxylic acids is 1. The molecule has 1 heterocycles. The average Bonchev–Trinajstić information content (AvgIpc) is 2.67. The molecular weight excluding hydrogens is 200 g/mol. The Hall–Kier alpha value is -0.510. The van der Waals surface area contributed by atoms with Crippen LogP contribution in [0.15, 0.2) is 0 Å². The van der Waals surface area contributed by atoms with Crippen LogP contribution in [0.25, 0.3) is 0 Å². The lowest BCUT2D eigenvalue weighted by Crippen LogP contribution is -2.30. The van der Waals surface area contributed by atoms with Crippen molar-refractivity contribution in [2.24, 2.45) is 17.8 Å². The highest BCUT2D eigenvalue weighted by molar-refractivity contribution is 7.99. The molecule has 4 heteroatoms. The highest BCUT2D eigenvalue weighted by Crippen LogP contribution is 2.28. The average molecular weight is 216 g/mol. The Bertz CT molecular complexity index is 234. The summed E-state index contributed by atoms with van der Waals surface area (Å²) >= 11 is 1.78. The fourth-order valence-electron chi connectivity index (χ4n) is 1.59. The van der Waals surface area contributed by atoms with Gasteiger partial charge in [-0.2, -0.15) is 11.8 Å². The quantitative estimate of drug-likeness (QED) is 0.776. The van der Waals surface area contributed by atoms with E-state index in [0.717, 1.165) is 17.9 Å². The lowest BCUT2D eigenvalue weighted by atomic mass is 9.85. The van der Waals surface area contributed by atoms with Gasteiger partial charge in [-0.1, -0.05) is 13.8 Å². The third-order valence-electron chi connectivity index (χ3n) is 2.92. The Labute approximate surface area is 88.3 Å². The van der Waals surface area contributed by atoms with E-state index in [2.05, 4.69) is 0 Å². The zero-order chi connectivity index (χ0) is 10.7. The molecular formula is C10H16O3S. The molecule has 1 aliphatic heterocycles. The van der Waals surface area contributed by atoms with Crippen molar-refractivity contribution in [3.63, 3.8) is 0 Å². The van der Waals surface area contributed by atoms with E-state index in [9.17, 15) is 9.59 Å². The highest BCUT2D eigenvalue weighted by Gasteiger charge is 2.32. The molecule has 0 aromatic heterocycles. The third-order valence-corrected chi connectivity index (χ3v) is 4.08. The van der Waals surface area contributed by atoms with E-state index >= 15 is 0 Å². The minimum atomic E-state index is -0.878. The van der Waals surface area contributed by atoms with Gasteiger partial charge < -0.3 is 5.11 Å². The van der Waals surface area contributed by atoms with E-state index < -0.39 is 11.9 Å². The number of hydrogen-bond donors (Lipinski definition) is 1. The molecule has 0 radical (unpaired) electrons. The van der Waals surface area contributed by atoms with Gasteiger partial charge in [0.15, 0.2) is 0 Å². The predicted octanol–water partition coefficient (Wildman–Crippen LogP) is 1.67. The fourth-order valence-corrected chi connectivity index (χ4v) is 2.82. The Morgan fingerprint density at radius 3 is 2.43 bits per heavy atom. The maximum Gasteiger partial charge on any atom is 0.306 e. The topological polar surface area (TPSA) is 54.4 Å². The molecule has 1 fully saturated rings. The molecule has 80 valence electrons. The standard InChI is InChI=1S/C10H16O3S/c1-6(7(2)10(12)13)9(11)8-3-4-14-5-8/h6-8H,3-5H2,1-2H3,(H,12,13). The third kappa shape index (κ3) is 2.50. The fraction of sp³-hybridized carbons (Fsp3) is 0.800. The van der Waals surface area contributed by atoms with Gasteiger partial charge in [-0.15, -0.1) is 0 Å². The van der Waals surface area contributed by atoms with Crippen LogP contribution in [0.5, 0.6) is 0 Å². The van der Waals surface area contributed by atoms with Crippen LogP contribution < -0.4 is 0 Å². The first-order valence-corrected chi connectivity index (χ1v) is 6.03. The molecule has 0 aromatic carbocycles. The Morgan fingerprint density at radius 2 is 2.00 bits per heavy atom. The van der Waals surface area contributed by atoms with Crippen molar-refractivity contribution in [1.29, 1.82) is 0 Å². The molecule has 3 nitrogen and oxygen atoms in total. The molecule has 0 bridgehead atoms. The number of carboxylic acids is 1. The lowest BCUT2D eigenvalue weighted by molar-refractivity contribution is -0.146. The van der Waals surface area contributed by atoms with Gasteiger partial charge in [-0.25, -0.2) is 0 Å². The largest absolute Gasteiger partial charge is 0.481 e. The summed E-state index contributed by atoms with van der Waals surface area (Å²) in [6.07, 6.45) is 0.917. The van der Waals surface area contributed by atoms with Crippen LogP contribution in [0.3, 0.4) is 0 Å². The molecule has 1 rings (SSSR count). The summed E-state index contributed by atoms with van der Waals surface area (Å²) < 4.78 is 0. The zero-order valence-electron chi connectivity index (χ0n) is 8.53. The molecule has 0 saturated carbocycles. The van der Waals surface area contributed by atoms with Gasteiger partial charge in [0.1, 0.15) is 5.78 Å². The second kappa shape index (κ2) is 4.82. The maximum absolute atomic E-state index is 11.8. The van der Waals surface area contributed by atoms with Crippen LogP contribution >= 0.6 is 11.8 Å². The van der Waals surface area contributed by atoms with Crippen LogP contribution in [0.2, 0.25) is 0 Å². The van der Waals surface area contributed by atoms with Crippen LogP contribution in [0.4, 0.5) is 0 Å². The van der Waals surface area contributed by atoms with Crippen molar-refractivity contribution >= 4 is 23.5 Å². The van der Waals surface area contributed by atoms with Crippen LogP contribution in [-0.2, 0) is 9.59 Å². The molecule has 0 aromatic rings. The zero-order valence-corrected chi connectivity index (χ0v) is 9.34. The molecule has 0 spiro atoms. The van der Waals surface area contributed by atoms with Gasteiger partial charge in [-0.05, 0) is 12.2 Å². The monoisotopic (exact) mass is 216 g/mol. The normalized spacial score (nSPS) is 25.7. The first-order valence-electron chi connectivity index (χ1n) is 4.88. The molecule has 3 unspecified atom stereocenters. The number of aliphatic carboxylic acids is 1. The summed E-state index contributed by atoms with van der Waals surface area (Å²) in [5.74, 6) is 0.336. The van der Waals surface area contributed by atoms with Crippen LogP contribution in [-0.4, -0.2) is 28.4 Å². The SMILES string of the molecule is CC(C(=O)O)C(C)C(=O)C1CCSC1. The van der Waals surface area contributed by atoms with Gasteiger partial charge >= 0.3 is 5.97 Å². The number of carboxylic acid groups (broad SMARTS) is 1. The number of hydrogen-bond acceptors (Lipinski definition) is 3. The number of carbonyl (C=O) groups is 2. The van der Waals surface area contributed by atoms with Crippen molar-refractivity contribution in [3.05, 3.63) is 0 Å². The van der Waals surface area contributed by atoms with Crippen molar-refractivity contribution in [2.45, 2.75) is 20.3 Å². The van der Waals surface area contributed by atoms with Crippen LogP contribution in [0.1, 0.15) is 20.3 Å². The van der Waals surface area contributed by atoms with E-state index in [-0.39, 0.29) is 17.6 Å². The summed E-state index contributed by atoms with van der Waals surface area (Å²) in [5, 5.41) is 8.79. The Morgan fingerprint density at radius 1 is 1.36 bits per heavy atom. The second-order valence-corrected chi connectivity index (χ2v) is 5.03. The summed E-state index contributed by atoms with van der Waals surface area (Å²) in [5.41, 5.74) is 0. The minimum Gasteiger partial charge on any atom is -0.481 e. The Kier molecular flexibility index (Phi) is 3.98. The van der Waals surface area contributed by atoms with Crippen LogP contribution in [0, 0.1) is 17.8 Å². The first kappa shape index (κ1) is 11.6. The number of rotatable bonds is 4. The number of Topliss-reactive ketones (excluding diaryl/α,β-unsaturated/α-hetero) is 1. The summed E-state index contributed by atoms with van der Waals surface area (Å²) in [4.78, 5) is 22.5. The molecule has 14 heavy (non-hydrogen) atoms. The van der Waals surface area contributed by atoms with E-state index in [1.165, 1.54) is 0 Å². The van der Waals surface area contributed by atoms with E-state index in [4.69, 9.17) is 5.11 Å². The second-order valence-electron chi connectivity index (χ2n) is 3.88. The van der Waals surface area contributed by atoms with Crippen molar-refractivity contribution < 1.29 is 14.7 Å². The summed E-state index contributed by atoms with van der Waals surface area (Å²) in [6.45, 7) is 3.33. The van der Waals surface area contributed by atoms with Gasteiger partial charge in [0.2, 0.25) is 0 Å². The highest BCUT2D eigenvalue weighted by atomic mass is 32.2. The van der Waals surface area contributed by atoms with Gasteiger partial charge in [-0.3, -0.25) is 9.59 Å². The van der Waals surface area contributed by atoms with Gasteiger partial charge in [0.05, 0.1) is 5.92 Å².